The van der Waals surface area contributed by atoms with Crippen LogP contribution in [0, 0.1) is 0 Å². The average Bonchev–Trinajstić information content (AvgIpc) is 3.03. The highest BCUT2D eigenvalue weighted by Crippen LogP contribution is 2.21. The van der Waals surface area contributed by atoms with E-state index >= 15 is 0 Å². The van der Waals surface area contributed by atoms with Crippen LogP contribution in [0.5, 0.6) is 0 Å². The Balaban J connectivity index is 0.00000225. The molecule has 0 spiro atoms. The van der Waals surface area contributed by atoms with E-state index < -0.39 is 0 Å². The van der Waals surface area contributed by atoms with Crippen molar-refractivity contribution >= 4 is 29.9 Å². The monoisotopic (exact) mass is 463 g/mol. The second-order valence-electron chi connectivity index (χ2n) is 6.78. The van der Waals surface area contributed by atoms with Gasteiger partial charge in [-0.3, -0.25) is 9.67 Å². The molecule has 1 aliphatic heterocycles. The van der Waals surface area contributed by atoms with Crippen molar-refractivity contribution in [1.29, 1.82) is 0 Å². The molecule has 0 aromatic carbocycles. The van der Waals surface area contributed by atoms with Gasteiger partial charge in [-0.1, -0.05) is 0 Å². The number of aliphatic imine (C=N–C) groups is 1. The first-order valence-corrected chi connectivity index (χ1v) is 8.89. The van der Waals surface area contributed by atoms with E-state index in [1.54, 1.807) is 7.05 Å². The van der Waals surface area contributed by atoms with Gasteiger partial charge < -0.3 is 20.1 Å². The van der Waals surface area contributed by atoms with Crippen LogP contribution < -0.4 is 10.6 Å². The third-order valence-electron chi connectivity index (χ3n) is 4.57. The van der Waals surface area contributed by atoms with Crippen LogP contribution in [0.2, 0.25) is 0 Å². The van der Waals surface area contributed by atoms with E-state index in [2.05, 4.69) is 40.4 Å². The minimum Gasteiger partial charge on any atom is -0.376 e. The van der Waals surface area contributed by atoms with E-state index in [1.807, 2.05) is 0 Å². The predicted octanol–water partition coefficient (Wildman–Crippen LogP) is 1.52. The minimum absolute atomic E-state index is 0. The topological polar surface area (TPSA) is 72.7 Å². The zero-order valence-corrected chi connectivity index (χ0v) is 17.7. The summed E-state index contributed by atoms with van der Waals surface area (Å²) in [6.45, 7) is 7.04. The van der Waals surface area contributed by atoms with Gasteiger partial charge in [-0.2, -0.15) is 5.10 Å². The molecule has 3 rings (SSSR count). The van der Waals surface area contributed by atoms with Gasteiger partial charge in [0.1, 0.15) is 0 Å². The molecule has 142 valence electrons. The van der Waals surface area contributed by atoms with Crippen LogP contribution in [0.1, 0.15) is 37.6 Å². The molecule has 1 fully saturated rings. The molecule has 8 heteroatoms. The highest BCUT2D eigenvalue weighted by Gasteiger charge is 2.23. The lowest BCUT2D eigenvalue weighted by Gasteiger charge is -2.27. The molecular weight excluding hydrogens is 433 g/mol. The van der Waals surface area contributed by atoms with E-state index in [9.17, 15) is 0 Å². The number of halogens is 1. The van der Waals surface area contributed by atoms with Crippen LogP contribution in [0.25, 0.3) is 0 Å². The molecular formula is C17H30IN5O2. The number of ether oxygens (including phenoxy) is 2. The Hall–Kier alpha value is -0.870. The molecule has 1 aromatic heterocycles. The largest absolute Gasteiger partial charge is 0.376 e. The summed E-state index contributed by atoms with van der Waals surface area (Å²) >= 11 is 0. The SMILES string of the molecule is CN=C(NCC1COCCO1)NC1CCc2cn(C(C)C)nc2C1.I. The lowest BCUT2D eigenvalue weighted by Crippen LogP contribution is -2.49. The van der Waals surface area contributed by atoms with Gasteiger partial charge in [0.05, 0.1) is 31.6 Å². The van der Waals surface area contributed by atoms with Gasteiger partial charge in [0, 0.05) is 38.3 Å². The maximum Gasteiger partial charge on any atom is 0.191 e. The normalized spacial score (nSPS) is 23.8. The van der Waals surface area contributed by atoms with Crippen LogP contribution in [0.4, 0.5) is 0 Å². The van der Waals surface area contributed by atoms with Crippen LogP contribution in [0.15, 0.2) is 11.2 Å². The standard InChI is InChI=1S/C17H29N5O2.HI/c1-12(2)22-10-13-4-5-14(8-16(13)21-22)20-17(18-3)19-9-15-11-23-6-7-24-15;/h10,12,14-15H,4-9,11H2,1-3H3,(H2,18,19,20);1H. The van der Waals surface area contributed by atoms with Crippen molar-refractivity contribution < 1.29 is 9.47 Å². The number of aryl methyl sites for hydroxylation is 1. The van der Waals surface area contributed by atoms with E-state index in [4.69, 9.17) is 14.6 Å². The summed E-state index contributed by atoms with van der Waals surface area (Å²) in [5.41, 5.74) is 2.60. The number of hydrogen-bond donors (Lipinski definition) is 2. The third kappa shape index (κ3) is 5.55. The van der Waals surface area contributed by atoms with E-state index in [-0.39, 0.29) is 30.1 Å². The molecule has 2 N–H and O–H groups in total. The molecule has 1 aliphatic carbocycles. The summed E-state index contributed by atoms with van der Waals surface area (Å²) in [6.07, 6.45) is 5.40. The molecule has 0 bridgehead atoms. The van der Waals surface area contributed by atoms with Crippen molar-refractivity contribution in [1.82, 2.24) is 20.4 Å². The number of guanidine groups is 1. The van der Waals surface area contributed by atoms with Gasteiger partial charge in [0.2, 0.25) is 0 Å². The number of nitrogens with zero attached hydrogens (tertiary/aromatic N) is 3. The quantitative estimate of drug-likeness (QED) is 0.403. The lowest BCUT2D eigenvalue weighted by molar-refractivity contribution is -0.0850. The smallest absolute Gasteiger partial charge is 0.191 e. The van der Waals surface area contributed by atoms with Gasteiger partial charge in [-0.25, -0.2) is 0 Å². The molecule has 2 unspecified atom stereocenters. The van der Waals surface area contributed by atoms with Crippen molar-refractivity contribution in [2.24, 2.45) is 4.99 Å². The molecule has 2 aliphatic rings. The van der Waals surface area contributed by atoms with Gasteiger partial charge in [-0.05, 0) is 32.3 Å². The summed E-state index contributed by atoms with van der Waals surface area (Å²) in [7, 11) is 1.80. The highest BCUT2D eigenvalue weighted by molar-refractivity contribution is 14.0. The maximum absolute atomic E-state index is 5.65. The number of hydrogen-bond acceptors (Lipinski definition) is 4. The predicted molar refractivity (Wildman–Crippen MR) is 109 cm³/mol. The van der Waals surface area contributed by atoms with Crippen molar-refractivity contribution in [3.8, 4) is 0 Å². The van der Waals surface area contributed by atoms with Crippen molar-refractivity contribution in [3.05, 3.63) is 17.5 Å². The van der Waals surface area contributed by atoms with Crippen molar-refractivity contribution in [3.63, 3.8) is 0 Å². The molecule has 2 atom stereocenters. The second-order valence-corrected chi connectivity index (χ2v) is 6.78. The Morgan fingerprint density at radius 3 is 2.96 bits per heavy atom. The molecule has 0 amide bonds. The minimum atomic E-state index is 0. The zero-order valence-electron chi connectivity index (χ0n) is 15.3. The fourth-order valence-corrected chi connectivity index (χ4v) is 3.15. The van der Waals surface area contributed by atoms with Crippen molar-refractivity contribution in [2.45, 2.75) is 51.3 Å². The molecule has 1 saturated heterocycles. The van der Waals surface area contributed by atoms with Crippen LogP contribution >= 0.6 is 24.0 Å². The lowest BCUT2D eigenvalue weighted by atomic mass is 9.94. The second kappa shape index (κ2) is 9.72. The Kier molecular flexibility index (Phi) is 7.95. The Labute approximate surface area is 167 Å². The number of fused-ring (bicyclic) bond motifs is 1. The van der Waals surface area contributed by atoms with Crippen LogP contribution in [-0.4, -0.2) is 61.3 Å². The fourth-order valence-electron chi connectivity index (χ4n) is 3.15. The first kappa shape index (κ1) is 20.4. The first-order valence-electron chi connectivity index (χ1n) is 8.89. The Morgan fingerprint density at radius 2 is 2.28 bits per heavy atom. The van der Waals surface area contributed by atoms with Crippen LogP contribution in [0.3, 0.4) is 0 Å². The van der Waals surface area contributed by atoms with E-state index in [0.717, 1.165) is 25.2 Å². The summed E-state index contributed by atoms with van der Waals surface area (Å²) in [5.74, 6) is 0.820. The maximum atomic E-state index is 5.65. The summed E-state index contributed by atoms with van der Waals surface area (Å²) < 4.78 is 13.1. The first-order chi connectivity index (χ1) is 11.7. The van der Waals surface area contributed by atoms with Gasteiger partial charge in [0.15, 0.2) is 5.96 Å². The van der Waals surface area contributed by atoms with Gasteiger partial charge in [-0.15, -0.1) is 24.0 Å². The van der Waals surface area contributed by atoms with Crippen LogP contribution in [-0.2, 0) is 22.3 Å². The third-order valence-corrected chi connectivity index (χ3v) is 4.57. The summed E-state index contributed by atoms with van der Waals surface area (Å²) in [4.78, 5) is 4.33. The Bertz CT molecular complexity index is 569. The van der Waals surface area contributed by atoms with E-state index in [0.29, 0.717) is 38.4 Å². The highest BCUT2D eigenvalue weighted by atomic mass is 127. The zero-order chi connectivity index (χ0) is 16.9. The van der Waals surface area contributed by atoms with E-state index in [1.165, 1.54) is 11.3 Å². The molecule has 25 heavy (non-hydrogen) atoms. The summed E-state index contributed by atoms with van der Waals surface area (Å²) in [5, 5.41) is 11.6. The molecule has 2 heterocycles. The molecule has 7 nitrogen and oxygen atoms in total. The number of aromatic nitrogens is 2. The van der Waals surface area contributed by atoms with Gasteiger partial charge in [0.25, 0.3) is 0 Å². The Morgan fingerprint density at radius 1 is 1.44 bits per heavy atom. The summed E-state index contributed by atoms with van der Waals surface area (Å²) in [6, 6.07) is 0.775. The molecule has 1 aromatic rings. The van der Waals surface area contributed by atoms with Gasteiger partial charge >= 0.3 is 0 Å². The molecule has 0 radical (unpaired) electrons. The number of rotatable bonds is 4. The fraction of sp³-hybridized carbons (Fsp3) is 0.765. The average molecular weight is 463 g/mol. The van der Waals surface area contributed by atoms with Crippen molar-refractivity contribution in [2.75, 3.05) is 33.4 Å². The molecule has 0 saturated carbocycles. The number of nitrogens with one attached hydrogen (secondary N) is 2.